The number of carbonyl (C=O) groups is 2. The Morgan fingerprint density at radius 2 is 1.27 bits per heavy atom. The predicted molar refractivity (Wildman–Crippen MR) is 116 cm³/mol. The third-order valence-corrected chi connectivity index (χ3v) is 6.09. The van der Waals surface area contributed by atoms with Crippen molar-refractivity contribution in [3.05, 3.63) is 35.2 Å². The van der Waals surface area contributed by atoms with Crippen LogP contribution in [0, 0.1) is 0 Å². The van der Waals surface area contributed by atoms with Crippen molar-refractivity contribution < 1.29 is 76.1 Å². The highest BCUT2D eigenvalue weighted by Crippen LogP contribution is 2.60. The number of esters is 1. The highest BCUT2D eigenvalue weighted by molar-refractivity contribution is 7.15. The van der Waals surface area contributed by atoms with Crippen LogP contribution >= 0.6 is 11.3 Å². The van der Waals surface area contributed by atoms with E-state index in [1.165, 1.54) is 31.2 Å². The van der Waals surface area contributed by atoms with Crippen LogP contribution in [0.3, 0.4) is 0 Å². The fourth-order valence-electron chi connectivity index (χ4n) is 3.06. The smallest absolute Gasteiger partial charge is 0.460 e. The Bertz CT molecular complexity index is 1260. The Morgan fingerprint density at radius 3 is 1.73 bits per heavy atom. The molecule has 2 aromatic rings. The van der Waals surface area contributed by atoms with E-state index >= 15 is 0 Å². The summed E-state index contributed by atoms with van der Waals surface area (Å²) in [4.78, 5) is 24.5. The van der Waals surface area contributed by atoms with Crippen molar-refractivity contribution in [2.24, 2.45) is 0 Å². The average Bonchev–Trinajstić information content (AvgIpc) is 3.27. The van der Waals surface area contributed by atoms with Crippen LogP contribution in [0.1, 0.15) is 24.2 Å². The van der Waals surface area contributed by atoms with Crippen molar-refractivity contribution in [2.45, 2.75) is 49.6 Å². The maximum atomic E-state index is 14.3. The molecule has 0 unspecified atom stereocenters. The topological polar surface area (TPSA) is 64.6 Å². The minimum atomic E-state index is -8.16. The summed E-state index contributed by atoms with van der Waals surface area (Å²) in [6.07, 6.45) is -7.59. The molecule has 1 N–H and O–H groups in total. The molecule has 0 spiro atoms. The van der Waals surface area contributed by atoms with E-state index in [1.54, 1.807) is 6.92 Å². The number of anilines is 1. The van der Waals surface area contributed by atoms with Gasteiger partial charge in [0.1, 0.15) is 16.3 Å². The van der Waals surface area contributed by atoms with E-state index in [1.807, 2.05) is 0 Å². The Hall–Kier alpha value is -3.25. The number of benzene rings is 1. The molecule has 0 aliphatic heterocycles. The zero-order valence-electron chi connectivity index (χ0n) is 20.3. The number of nitrogens with one attached hydrogen (secondary N) is 1. The number of rotatable bonds is 11. The van der Waals surface area contributed by atoms with E-state index in [0.29, 0.717) is 5.75 Å². The van der Waals surface area contributed by atoms with Gasteiger partial charge in [-0.25, -0.2) is 4.79 Å². The molecule has 1 heterocycles. The molecule has 0 radical (unpaired) electrons. The van der Waals surface area contributed by atoms with Gasteiger partial charge >= 0.3 is 47.7 Å². The van der Waals surface area contributed by atoms with Crippen molar-refractivity contribution in [1.82, 2.24) is 0 Å². The van der Waals surface area contributed by atoms with Gasteiger partial charge in [-0.2, -0.15) is 57.1 Å². The predicted octanol–water partition coefficient (Wildman–Crippen LogP) is 7.67. The first kappa shape index (κ1) is 34.0. The highest BCUT2D eigenvalue weighted by Gasteiger charge is 2.91. The number of carbonyl (C=O) groups excluding carboxylic acids is 2. The Kier molecular flexibility index (Phi) is 9.28. The van der Waals surface area contributed by atoms with Crippen LogP contribution < -0.4 is 10.1 Å². The van der Waals surface area contributed by atoms with Gasteiger partial charge in [0.2, 0.25) is 0 Å². The zero-order valence-corrected chi connectivity index (χ0v) is 21.1. The Labute approximate surface area is 225 Å². The first-order valence-electron chi connectivity index (χ1n) is 10.8. The lowest BCUT2D eigenvalue weighted by Crippen LogP contribution is -2.71. The summed E-state index contributed by atoms with van der Waals surface area (Å²) in [5.41, 5.74) is -0.872. The van der Waals surface area contributed by atoms with Crippen LogP contribution in [0.15, 0.2) is 29.6 Å². The van der Waals surface area contributed by atoms with Gasteiger partial charge < -0.3 is 14.8 Å². The van der Waals surface area contributed by atoms with E-state index in [4.69, 9.17) is 9.47 Å². The van der Waals surface area contributed by atoms with E-state index in [0.717, 1.165) is 10.7 Å². The lowest BCUT2D eigenvalue weighted by molar-refractivity contribution is -0.435. The molecule has 1 amide bonds. The highest BCUT2D eigenvalue weighted by atomic mass is 32.1. The van der Waals surface area contributed by atoms with Crippen molar-refractivity contribution in [3.63, 3.8) is 0 Å². The summed E-state index contributed by atoms with van der Waals surface area (Å²) < 4.78 is 184. The van der Waals surface area contributed by atoms with Crippen LogP contribution in [0.5, 0.6) is 5.75 Å². The van der Waals surface area contributed by atoms with Gasteiger partial charge in [0.05, 0.1) is 13.2 Å². The van der Waals surface area contributed by atoms with Gasteiger partial charge in [0, 0.05) is 10.9 Å². The van der Waals surface area contributed by atoms with Crippen molar-refractivity contribution in [2.75, 3.05) is 18.5 Å². The maximum absolute atomic E-state index is 14.3. The Morgan fingerprint density at radius 1 is 0.756 bits per heavy atom. The second kappa shape index (κ2) is 11.2. The second-order valence-electron chi connectivity index (χ2n) is 7.86. The van der Waals surface area contributed by atoms with Gasteiger partial charge in [-0.15, -0.1) is 11.3 Å². The molecule has 1 aromatic carbocycles. The monoisotopic (exact) mass is 637 g/mol. The van der Waals surface area contributed by atoms with Gasteiger partial charge in [0.15, 0.2) is 0 Å². The van der Waals surface area contributed by atoms with Crippen LogP contribution in [0.25, 0.3) is 11.1 Å². The minimum Gasteiger partial charge on any atom is -0.494 e. The second-order valence-corrected chi connectivity index (χ2v) is 8.73. The lowest BCUT2D eigenvalue weighted by Gasteiger charge is -2.39. The van der Waals surface area contributed by atoms with Crippen molar-refractivity contribution in [1.29, 1.82) is 0 Å². The molecule has 0 bridgehead atoms. The average molecular weight is 637 g/mol. The first-order valence-corrected chi connectivity index (χ1v) is 11.7. The van der Waals surface area contributed by atoms with Crippen molar-refractivity contribution >= 4 is 28.2 Å². The van der Waals surface area contributed by atoms with Gasteiger partial charge in [-0.3, -0.25) is 4.79 Å². The van der Waals surface area contributed by atoms with Crippen LogP contribution in [0.4, 0.5) is 62.1 Å². The summed E-state index contributed by atoms with van der Waals surface area (Å²) >= 11 is 0.169. The molecule has 19 heteroatoms. The number of halogens is 13. The third kappa shape index (κ3) is 5.63. The number of amides is 1. The van der Waals surface area contributed by atoms with E-state index in [2.05, 4.69) is 0 Å². The number of thiophene rings is 1. The first-order chi connectivity index (χ1) is 18.5. The third-order valence-electron chi connectivity index (χ3n) is 5.19. The molecule has 1 aromatic heterocycles. The number of hydrogen-bond donors (Lipinski definition) is 1. The number of hydrogen-bond acceptors (Lipinski definition) is 5. The molecule has 5 nitrogen and oxygen atoms in total. The number of alkyl halides is 13. The largest absolute Gasteiger partial charge is 0.494 e. The molecular weight excluding hydrogens is 621 g/mol. The molecule has 0 aliphatic carbocycles. The van der Waals surface area contributed by atoms with Crippen LogP contribution in [0.2, 0.25) is 0 Å². The van der Waals surface area contributed by atoms with Gasteiger partial charge in [0.25, 0.3) is 0 Å². The van der Waals surface area contributed by atoms with Gasteiger partial charge in [-0.1, -0.05) is 12.1 Å². The normalized spacial score (nSPS) is 13.6. The lowest BCUT2D eigenvalue weighted by atomic mass is 9.93. The summed E-state index contributed by atoms with van der Waals surface area (Å²) in [5.74, 6) is -43.7. The molecule has 2 rings (SSSR count). The molecular formula is C22H16F13NO4S. The van der Waals surface area contributed by atoms with E-state index in [-0.39, 0.29) is 35.7 Å². The molecule has 0 fully saturated rings. The summed E-state index contributed by atoms with van der Waals surface area (Å²) in [6, 6.07) is 5.37. The van der Waals surface area contributed by atoms with E-state index < -0.39 is 58.2 Å². The Balaban J connectivity index is 2.55. The molecule has 0 saturated carbocycles. The standard InChI is InChI=1S/C22H16F13NO4S/c1-3-39-11-7-5-10(6-8-11)12-9-41-14(13(12)15(37)40-4-2)36-16(38)17(23,24)18(25,26)19(27,28)20(29,30)21(31,32)22(33,34)35/h5-9H,3-4H2,1-2H3,(H,36,38). The molecule has 41 heavy (non-hydrogen) atoms. The summed E-state index contributed by atoms with van der Waals surface area (Å²) in [7, 11) is 0. The maximum Gasteiger partial charge on any atom is 0.460 e. The SMILES string of the molecule is CCOC(=O)c1c(-c2ccc(OCC)cc2)csc1NC(=O)C(F)(F)C(F)(F)C(F)(F)C(F)(F)C(F)(F)C(F)(F)F. The van der Waals surface area contributed by atoms with Gasteiger partial charge in [-0.05, 0) is 31.5 Å². The molecule has 230 valence electrons. The van der Waals surface area contributed by atoms with E-state index in [9.17, 15) is 66.7 Å². The minimum absolute atomic E-state index is 0.117. The molecule has 0 saturated heterocycles. The van der Waals surface area contributed by atoms with Crippen LogP contribution in [-0.4, -0.2) is 60.9 Å². The fraction of sp³-hybridized carbons (Fsp3) is 0.455. The van der Waals surface area contributed by atoms with Crippen LogP contribution in [-0.2, 0) is 9.53 Å². The molecule has 0 atom stereocenters. The van der Waals surface area contributed by atoms with Crippen molar-refractivity contribution in [3.8, 4) is 16.9 Å². The molecule has 0 aliphatic rings. The summed E-state index contributed by atoms with van der Waals surface area (Å²) in [6.45, 7) is 2.80. The quantitative estimate of drug-likeness (QED) is 0.203. The zero-order chi connectivity index (χ0) is 31.8. The summed E-state index contributed by atoms with van der Waals surface area (Å²) in [5, 5.41) is 0.867. The fourth-order valence-corrected chi connectivity index (χ4v) is 4.01. The number of ether oxygens (including phenoxy) is 2.